The molecule has 0 bridgehead atoms. The Hall–Kier alpha value is -1.92. The van der Waals surface area contributed by atoms with Crippen LogP contribution in [0.2, 0.25) is 0 Å². The molecule has 26 heavy (non-hydrogen) atoms. The van der Waals surface area contributed by atoms with Gasteiger partial charge in [0.2, 0.25) is 5.88 Å². The van der Waals surface area contributed by atoms with E-state index < -0.39 is 0 Å². The Morgan fingerprint density at radius 1 is 1.35 bits per heavy atom. The molecule has 0 aliphatic carbocycles. The van der Waals surface area contributed by atoms with Gasteiger partial charge < -0.3 is 10.1 Å². The van der Waals surface area contributed by atoms with Crippen molar-refractivity contribution in [2.45, 2.75) is 45.7 Å². The highest BCUT2D eigenvalue weighted by Gasteiger charge is 2.16. The highest BCUT2D eigenvalue weighted by Crippen LogP contribution is 2.18. The van der Waals surface area contributed by atoms with Gasteiger partial charge in [0.1, 0.15) is 5.82 Å². The minimum absolute atomic E-state index is 0.165. The number of hydrogen-bond donors (Lipinski definition) is 2. The summed E-state index contributed by atoms with van der Waals surface area (Å²) in [5, 5.41) is 10.5. The number of ether oxygens (including phenoxy) is 1. The van der Waals surface area contributed by atoms with Crippen molar-refractivity contribution in [2.24, 2.45) is 0 Å². The molecule has 1 aromatic carbocycles. The molecule has 6 heteroatoms. The fourth-order valence-electron chi connectivity index (χ4n) is 3.28. The van der Waals surface area contributed by atoms with Gasteiger partial charge in [0, 0.05) is 44.7 Å². The molecule has 1 aromatic heterocycles. The summed E-state index contributed by atoms with van der Waals surface area (Å²) in [6.45, 7) is 8.76. The summed E-state index contributed by atoms with van der Waals surface area (Å²) >= 11 is 0. The molecule has 0 amide bonds. The molecule has 0 saturated carbocycles. The van der Waals surface area contributed by atoms with Crippen LogP contribution in [-0.2, 0) is 13.0 Å². The molecule has 142 valence electrons. The van der Waals surface area contributed by atoms with Crippen molar-refractivity contribution in [3.05, 3.63) is 46.9 Å². The lowest BCUT2D eigenvalue weighted by atomic mass is 10.1. The van der Waals surface area contributed by atoms with Gasteiger partial charge in [0.05, 0.1) is 12.3 Å². The number of piperazine rings is 1. The maximum absolute atomic E-state index is 14.5. The number of aromatic amines is 1. The van der Waals surface area contributed by atoms with Gasteiger partial charge in [-0.3, -0.25) is 4.90 Å². The van der Waals surface area contributed by atoms with E-state index in [9.17, 15) is 4.39 Å². The molecular weight excluding hydrogens is 331 g/mol. The molecule has 3 rings (SSSR count). The number of unbranched alkanes of at least 4 members (excludes halogenated alkanes) is 1. The van der Waals surface area contributed by atoms with Crippen LogP contribution in [0.25, 0.3) is 0 Å². The van der Waals surface area contributed by atoms with Crippen molar-refractivity contribution in [3.63, 3.8) is 0 Å². The molecule has 5 nitrogen and oxygen atoms in total. The zero-order chi connectivity index (χ0) is 18.4. The Kier molecular flexibility index (Phi) is 6.63. The van der Waals surface area contributed by atoms with E-state index >= 15 is 0 Å². The van der Waals surface area contributed by atoms with Gasteiger partial charge in [-0.15, -0.1) is 0 Å². The van der Waals surface area contributed by atoms with Crippen LogP contribution in [0.5, 0.6) is 5.88 Å². The maximum atomic E-state index is 14.5. The topological polar surface area (TPSA) is 53.2 Å². The third-order valence-electron chi connectivity index (χ3n) is 4.71. The smallest absolute Gasteiger partial charge is 0.209 e. The molecule has 2 heterocycles. The molecule has 1 saturated heterocycles. The second-order valence-corrected chi connectivity index (χ2v) is 7.12. The van der Waals surface area contributed by atoms with Crippen molar-refractivity contribution < 1.29 is 9.13 Å². The molecule has 1 unspecified atom stereocenters. The Morgan fingerprint density at radius 2 is 2.23 bits per heavy atom. The normalized spacial score (nSPS) is 18.2. The van der Waals surface area contributed by atoms with E-state index in [2.05, 4.69) is 34.3 Å². The molecule has 0 radical (unpaired) electrons. The molecular formula is C20H29FN4O. The van der Waals surface area contributed by atoms with Gasteiger partial charge in [-0.05, 0) is 30.5 Å². The number of rotatable bonds is 8. The van der Waals surface area contributed by atoms with Crippen LogP contribution in [0.3, 0.4) is 0 Å². The SMILES string of the molecule is CCCCOc1cc(Cc2ccc(CN3CCNC(C)C3)cc2F)n[nH]1. The maximum Gasteiger partial charge on any atom is 0.209 e. The predicted molar refractivity (Wildman–Crippen MR) is 101 cm³/mol. The van der Waals surface area contributed by atoms with Crippen molar-refractivity contribution in [1.29, 1.82) is 0 Å². The van der Waals surface area contributed by atoms with E-state index in [1.54, 1.807) is 6.07 Å². The lowest BCUT2D eigenvalue weighted by molar-refractivity contribution is 0.199. The van der Waals surface area contributed by atoms with E-state index in [0.717, 1.165) is 50.3 Å². The van der Waals surface area contributed by atoms with Crippen molar-refractivity contribution in [2.75, 3.05) is 26.2 Å². The second-order valence-electron chi connectivity index (χ2n) is 7.12. The summed E-state index contributed by atoms with van der Waals surface area (Å²) < 4.78 is 20.1. The lowest BCUT2D eigenvalue weighted by Crippen LogP contribution is -2.48. The minimum atomic E-state index is -0.165. The number of aromatic nitrogens is 2. The van der Waals surface area contributed by atoms with Crippen molar-refractivity contribution in [1.82, 2.24) is 20.4 Å². The standard InChI is InChI=1S/C20H29FN4O/c1-3-4-9-26-20-12-18(23-24-20)11-17-6-5-16(10-19(17)21)14-25-8-7-22-15(2)13-25/h5-6,10,12,15,22H,3-4,7-9,11,13-14H2,1-2H3,(H,23,24). The van der Waals surface area contributed by atoms with Gasteiger partial charge in [-0.1, -0.05) is 25.5 Å². The number of benzene rings is 1. The van der Waals surface area contributed by atoms with Gasteiger partial charge in [0.15, 0.2) is 0 Å². The van der Waals surface area contributed by atoms with Crippen molar-refractivity contribution in [3.8, 4) is 5.88 Å². The van der Waals surface area contributed by atoms with Crippen LogP contribution in [-0.4, -0.2) is 47.4 Å². The largest absolute Gasteiger partial charge is 0.478 e. The third-order valence-corrected chi connectivity index (χ3v) is 4.71. The first kappa shape index (κ1) is 18.9. The Balaban J connectivity index is 1.57. The quantitative estimate of drug-likeness (QED) is 0.710. The van der Waals surface area contributed by atoms with E-state index in [-0.39, 0.29) is 5.82 Å². The molecule has 1 aliphatic rings. The monoisotopic (exact) mass is 360 g/mol. The second kappa shape index (κ2) is 9.14. The third kappa shape index (κ3) is 5.29. The fraction of sp³-hybridized carbons (Fsp3) is 0.550. The zero-order valence-electron chi connectivity index (χ0n) is 15.7. The number of nitrogens with zero attached hydrogens (tertiary/aromatic N) is 2. The average molecular weight is 360 g/mol. The van der Waals surface area contributed by atoms with Gasteiger partial charge in [-0.2, -0.15) is 5.10 Å². The molecule has 1 atom stereocenters. The molecule has 1 fully saturated rings. The van der Waals surface area contributed by atoms with E-state index in [0.29, 0.717) is 30.5 Å². The van der Waals surface area contributed by atoms with Gasteiger partial charge in [-0.25, -0.2) is 9.49 Å². The minimum Gasteiger partial charge on any atom is -0.478 e. The summed E-state index contributed by atoms with van der Waals surface area (Å²) in [5.41, 5.74) is 2.47. The van der Waals surface area contributed by atoms with Crippen LogP contribution in [0.1, 0.15) is 43.5 Å². The first-order chi connectivity index (χ1) is 12.6. The fourth-order valence-corrected chi connectivity index (χ4v) is 3.28. The first-order valence-corrected chi connectivity index (χ1v) is 9.54. The molecule has 1 aliphatic heterocycles. The molecule has 0 spiro atoms. The van der Waals surface area contributed by atoms with Crippen LogP contribution >= 0.6 is 0 Å². The summed E-state index contributed by atoms with van der Waals surface area (Å²) in [6.07, 6.45) is 2.56. The first-order valence-electron chi connectivity index (χ1n) is 9.54. The summed E-state index contributed by atoms with van der Waals surface area (Å²) in [7, 11) is 0. The summed E-state index contributed by atoms with van der Waals surface area (Å²) in [6, 6.07) is 7.90. The predicted octanol–water partition coefficient (Wildman–Crippen LogP) is 3.11. The van der Waals surface area contributed by atoms with E-state index in [1.807, 2.05) is 18.2 Å². The Labute approximate surface area is 154 Å². The van der Waals surface area contributed by atoms with Gasteiger partial charge >= 0.3 is 0 Å². The molecule has 2 aromatic rings. The van der Waals surface area contributed by atoms with Crippen LogP contribution < -0.4 is 10.1 Å². The highest BCUT2D eigenvalue weighted by molar-refractivity contribution is 5.29. The Morgan fingerprint density at radius 3 is 3.00 bits per heavy atom. The highest BCUT2D eigenvalue weighted by atomic mass is 19.1. The molecule has 2 N–H and O–H groups in total. The zero-order valence-corrected chi connectivity index (χ0v) is 15.7. The number of nitrogens with one attached hydrogen (secondary N) is 2. The van der Waals surface area contributed by atoms with Crippen LogP contribution in [0, 0.1) is 5.82 Å². The summed E-state index contributed by atoms with van der Waals surface area (Å²) in [5.74, 6) is 0.487. The average Bonchev–Trinajstić information content (AvgIpc) is 3.05. The number of H-pyrrole nitrogens is 1. The van der Waals surface area contributed by atoms with Crippen LogP contribution in [0.15, 0.2) is 24.3 Å². The Bertz CT molecular complexity index is 703. The van der Waals surface area contributed by atoms with Crippen molar-refractivity contribution >= 4 is 0 Å². The number of halogens is 1. The van der Waals surface area contributed by atoms with E-state index in [4.69, 9.17) is 4.74 Å². The van der Waals surface area contributed by atoms with Gasteiger partial charge in [0.25, 0.3) is 0 Å². The number of hydrogen-bond acceptors (Lipinski definition) is 4. The van der Waals surface area contributed by atoms with Crippen LogP contribution in [0.4, 0.5) is 4.39 Å². The summed E-state index contributed by atoms with van der Waals surface area (Å²) in [4.78, 5) is 2.36. The van der Waals surface area contributed by atoms with E-state index in [1.165, 1.54) is 0 Å². The lowest BCUT2D eigenvalue weighted by Gasteiger charge is -2.31.